The predicted octanol–water partition coefficient (Wildman–Crippen LogP) is 3.49. The highest BCUT2D eigenvalue weighted by molar-refractivity contribution is 5.96. The van der Waals surface area contributed by atoms with E-state index in [0.29, 0.717) is 5.56 Å². The van der Waals surface area contributed by atoms with Crippen LogP contribution in [0.5, 0.6) is 0 Å². The Kier molecular flexibility index (Phi) is 7.55. The van der Waals surface area contributed by atoms with Crippen LogP contribution in [0.3, 0.4) is 0 Å². The number of fused-ring (bicyclic) bond motifs is 1. The van der Waals surface area contributed by atoms with Gasteiger partial charge in [0.05, 0.1) is 17.5 Å². The number of hydrogen-bond acceptors (Lipinski definition) is 9. The quantitative estimate of drug-likeness (QED) is 0.338. The molecule has 1 unspecified atom stereocenters. The van der Waals surface area contributed by atoms with Crippen molar-refractivity contribution in [2.75, 3.05) is 11.9 Å². The van der Waals surface area contributed by atoms with Gasteiger partial charge < -0.3 is 19.5 Å². The lowest BCUT2D eigenvalue weighted by Gasteiger charge is -2.19. The van der Waals surface area contributed by atoms with Crippen LogP contribution in [0.2, 0.25) is 0 Å². The molecule has 0 spiro atoms. The number of amides is 1. The summed E-state index contributed by atoms with van der Waals surface area (Å²) in [7, 11) is 0. The Labute approximate surface area is 221 Å². The Morgan fingerprint density at radius 3 is 2.31 bits per heavy atom. The minimum Gasteiger partial charge on any atom is -0.459 e. The van der Waals surface area contributed by atoms with E-state index in [0.717, 1.165) is 0 Å². The Morgan fingerprint density at radius 2 is 1.64 bits per heavy atom. The summed E-state index contributed by atoms with van der Waals surface area (Å²) in [5, 5.41) is 2.63. The molecule has 4 aromatic rings. The summed E-state index contributed by atoms with van der Waals surface area (Å²) < 4.78 is 34.2. The molecule has 39 heavy (non-hydrogen) atoms. The van der Waals surface area contributed by atoms with E-state index in [1.165, 1.54) is 17.2 Å². The van der Waals surface area contributed by atoms with Crippen LogP contribution in [0.4, 0.5) is 10.2 Å². The number of carbonyl (C=O) groups is 3. The van der Waals surface area contributed by atoms with E-state index in [4.69, 9.17) is 14.2 Å². The maximum atomic E-state index is 16.0. The molecule has 12 heteroatoms. The second-order valence-electron chi connectivity index (χ2n) is 8.66. The first-order valence-corrected chi connectivity index (χ1v) is 12.2. The zero-order valence-corrected chi connectivity index (χ0v) is 20.8. The lowest BCUT2D eigenvalue weighted by Crippen LogP contribution is -2.37. The van der Waals surface area contributed by atoms with Gasteiger partial charge in [-0.3, -0.25) is 9.36 Å². The highest BCUT2D eigenvalue weighted by atomic mass is 19.1. The number of halogens is 1. The number of carbonyl (C=O) groups excluding carboxylic acids is 3. The number of imidazole rings is 1. The second-order valence-corrected chi connectivity index (χ2v) is 8.66. The molecule has 1 amide bonds. The molecule has 1 aliphatic heterocycles. The lowest BCUT2D eigenvalue weighted by molar-refractivity contribution is -0.115. The van der Waals surface area contributed by atoms with E-state index < -0.39 is 36.5 Å². The molecule has 0 saturated carbocycles. The molecule has 0 bridgehead atoms. The number of benzene rings is 2. The van der Waals surface area contributed by atoms with E-state index in [9.17, 15) is 14.4 Å². The van der Waals surface area contributed by atoms with Crippen LogP contribution in [0.1, 0.15) is 40.3 Å². The number of anilines is 1. The van der Waals surface area contributed by atoms with Gasteiger partial charge in [-0.25, -0.2) is 28.9 Å². The molecule has 1 N–H and O–H groups in total. The van der Waals surface area contributed by atoms with Crippen LogP contribution in [-0.2, 0) is 19.0 Å². The average Bonchev–Trinajstić information content (AvgIpc) is 3.54. The van der Waals surface area contributed by atoms with Gasteiger partial charge >= 0.3 is 11.9 Å². The minimum atomic E-state index is -1.88. The highest BCUT2D eigenvalue weighted by Gasteiger charge is 2.50. The summed E-state index contributed by atoms with van der Waals surface area (Å²) in [6.45, 7) is 1.31. The molecule has 2 aromatic carbocycles. The maximum Gasteiger partial charge on any atom is 0.338 e. The monoisotopic (exact) mass is 533 g/mol. The van der Waals surface area contributed by atoms with Crippen molar-refractivity contribution < 1.29 is 33.0 Å². The molecule has 11 nitrogen and oxygen atoms in total. The largest absolute Gasteiger partial charge is 0.459 e. The molecule has 1 fully saturated rings. The van der Waals surface area contributed by atoms with Crippen LogP contribution in [0.25, 0.3) is 11.2 Å². The molecular formula is C27H24FN5O6. The fraction of sp³-hybridized carbons (Fsp3) is 0.259. The number of nitrogens with one attached hydrogen (secondary N) is 1. The van der Waals surface area contributed by atoms with Crippen LogP contribution in [0, 0.1) is 0 Å². The van der Waals surface area contributed by atoms with Gasteiger partial charge in [-0.05, 0) is 24.3 Å². The smallest absolute Gasteiger partial charge is 0.338 e. The van der Waals surface area contributed by atoms with Crippen molar-refractivity contribution in [3.05, 3.63) is 84.4 Å². The molecule has 0 radical (unpaired) electrons. The molecular weight excluding hydrogens is 509 g/mol. The van der Waals surface area contributed by atoms with Gasteiger partial charge in [0, 0.05) is 6.42 Å². The van der Waals surface area contributed by atoms with Gasteiger partial charge in [0.2, 0.25) is 5.91 Å². The number of hydrogen-bond donors (Lipinski definition) is 1. The number of esters is 2. The molecule has 1 aliphatic rings. The predicted molar refractivity (Wildman–Crippen MR) is 135 cm³/mol. The number of rotatable bonds is 8. The summed E-state index contributed by atoms with van der Waals surface area (Å²) in [6, 6.07) is 16.4. The molecule has 2 aromatic heterocycles. The number of alkyl halides is 1. The van der Waals surface area contributed by atoms with Gasteiger partial charge in [-0.15, -0.1) is 0 Å². The summed E-state index contributed by atoms with van der Waals surface area (Å²) in [4.78, 5) is 49.7. The standard InChI is InChI=1S/C27H24FN5O6/c1-2-19(34)32-23-21-24(30-14-29-23)33(15-31-21)25-20(28)22(39-27(36)17-11-7-4-8-12-17)18(38-25)13-37-26(35)16-9-5-3-6-10-16/h3-12,14-15,18,20,22,25H,2,13H2,1H3,(H,29,30,32,34)/t18-,20+,22?,25-/m1/s1. The summed E-state index contributed by atoms with van der Waals surface area (Å²) in [5.74, 6) is -1.50. The third-order valence-corrected chi connectivity index (χ3v) is 6.12. The van der Waals surface area contributed by atoms with Crippen molar-refractivity contribution in [2.45, 2.75) is 38.0 Å². The van der Waals surface area contributed by atoms with Crippen LogP contribution >= 0.6 is 0 Å². The minimum absolute atomic E-state index is 0.166. The van der Waals surface area contributed by atoms with Gasteiger partial charge in [0.1, 0.15) is 19.0 Å². The first kappa shape index (κ1) is 25.9. The zero-order chi connectivity index (χ0) is 27.4. The lowest BCUT2D eigenvalue weighted by atomic mass is 10.1. The number of ether oxygens (including phenoxy) is 3. The summed E-state index contributed by atoms with van der Waals surface area (Å²) in [6.07, 6.45) is -3.02. The van der Waals surface area contributed by atoms with Crippen LogP contribution in [0.15, 0.2) is 73.3 Å². The van der Waals surface area contributed by atoms with Gasteiger partial charge in [-0.1, -0.05) is 43.3 Å². The van der Waals surface area contributed by atoms with Crippen molar-refractivity contribution in [3.63, 3.8) is 0 Å². The van der Waals surface area contributed by atoms with E-state index >= 15 is 4.39 Å². The van der Waals surface area contributed by atoms with Crippen molar-refractivity contribution in [1.29, 1.82) is 0 Å². The van der Waals surface area contributed by atoms with Crippen LogP contribution in [-0.4, -0.2) is 62.4 Å². The van der Waals surface area contributed by atoms with Gasteiger partial charge in [0.25, 0.3) is 0 Å². The first-order chi connectivity index (χ1) is 19.0. The van der Waals surface area contributed by atoms with Crippen molar-refractivity contribution >= 4 is 34.8 Å². The van der Waals surface area contributed by atoms with Crippen molar-refractivity contribution in [1.82, 2.24) is 19.5 Å². The zero-order valence-electron chi connectivity index (χ0n) is 20.8. The van der Waals surface area contributed by atoms with Gasteiger partial charge in [-0.2, -0.15) is 0 Å². The highest BCUT2D eigenvalue weighted by Crippen LogP contribution is 2.36. The van der Waals surface area contributed by atoms with E-state index in [1.54, 1.807) is 67.6 Å². The number of nitrogens with zero attached hydrogens (tertiary/aromatic N) is 4. The van der Waals surface area contributed by atoms with E-state index in [2.05, 4.69) is 20.3 Å². The molecule has 0 aliphatic carbocycles. The Morgan fingerprint density at radius 1 is 0.974 bits per heavy atom. The van der Waals surface area contributed by atoms with Crippen molar-refractivity contribution in [2.24, 2.45) is 0 Å². The topological polar surface area (TPSA) is 135 Å². The Balaban J connectivity index is 1.41. The molecule has 4 atom stereocenters. The summed E-state index contributed by atoms with van der Waals surface area (Å²) >= 11 is 0. The fourth-order valence-corrected chi connectivity index (χ4v) is 4.12. The first-order valence-electron chi connectivity index (χ1n) is 12.2. The maximum absolute atomic E-state index is 16.0. The third kappa shape index (κ3) is 5.46. The third-order valence-electron chi connectivity index (χ3n) is 6.12. The number of aromatic nitrogens is 4. The SMILES string of the molecule is CCC(=O)Nc1ncnc2c1ncn2[C@@H]1O[C@H](COC(=O)c2ccccc2)C(OC(=O)c2ccccc2)[C@@H]1F. The second kappa shape index (κ2) is 11.4. The van der Waals surface area contributed by atoms with Crippen molar-refractivity contribution in [3.8, 4) is 0 Å². The normalized spacial score (nSPS) is 20.5. The Hall–Kier alpha value is -4.71. The molecule has 1 saturated heterocycles. The Bertz CT molecular complexity index is 1480. The molecule has 5 rings (SSSR count). The summed E-state index contributed by atoms with van der Waals surface area (Å²) in [5.41, 5.74) is 0.956. The molecule has 3 heterocycles. The van der Waals surface area contributed by atoms with Crippen LogP contribution < -0.4 is 5.32 Å². The molecule has 200 valence electrons. The average molecular weight is 534 g/mol. The van der Waals surface area contributed by atoms with E-state index in [-0.39, 0.29) is 41.5 Å². The van der Waals surface area contributed by atoms with Gasteiger partial charge in [0.15, 0.2) is 35.5 Å². The van der Waals surface area contributed by atoms with E-state index in [1.807, 2.05) is 0 Å². The fourth-order valence-electron chi connectivity index (χ4n) is 4.12.